The predicted molar refractivity (Wildman–Crippen MR) is 46.3 cm³/mol. The number of phenols is 1. The van der Waals surface area contributed by atoms with Crippen LogP contribution in [-0.4, -0.2) is 22.2 Å². The SMILES string of the molecule is N[C@@H](Cc1[c-]cc(O)cc1)C(=O)O.[Na+]. The second-order valence-corrected chi connectivity index (χ2v) is 2.72. The molecule has 0 radical (unpaired) electrons. The van der Waals surface area contributed by atoms with Gasteiger partial charge >= 0.3 is 35.5 Å². The average molecular weight is 203 g/mol. The molecule has 1 aromatic carbocycles. The summed E-state index contributed by atoms with van der Waals surface area (Å²) in [5, 5.41) is 17.4. The van der Waals surface area contributed by atoms with Crippen LogP contribution in [0.25, 0.3) is 0 Å². The number of benzene rings is 1. The Kier molecular flexibility index (Phi) is 5.79. The van der Waals surface area contributed by atoms with Crippen molar-refractivity contribution in [3.05, 3.63) is 29.8 Å². The second kappa shape index (κ2) is 6.03. The summed E-state index contributed by atoms with van der Waals surface area (Å²) in [6.45, 7) is 0. The van der Waals surface area contributed by atoms with Gasteiger partial charge in [0, 0.05) is 5.75 Å². The van der Waals surface area contributed by atoms with Crippen LogP contribution in [0.15, 0.2) is 18.2 Å². The molecule has 1 atom stereocenters. The van der Waals surface area contributed by atoms with Gasteiger partial charge in [0.05, 0.1) is 0 Å². The van der Waals surface area contributed by atoms with Gasteiger partial charge in [-0.2, -0.15) is 17.7 Å². The Hall–Kier alpha value is -0.550. The van der Waals surface area contributed by atoms with E-state index in [2.05, 4.69) is 6.07 Å². The van der Waals surface area contributed by atoms with Gasteiger partial charge in [-0.25, -0.2) is 0 Å². The number of carboxylic acid groups (broad SMARTS) is 1. The molecule has 1 rings (SSSR count). The fourth-order valence-corrected chi connectivity index (χ4v) is 0.900. The zero-order valence-corrected chi connectivity index (χ0v) is 9.90. The molecule has 0 unspecified atom stereocenters. The van der Waals surface area contributed by atoms with E-state index < -0.39 is 12.0 Å². The first-order chi connectivity index (χ1) is 6.09. The first kappa shape index (κ1) is 13.4. The van der Waals surface area contributed by atoms with Gasteiger partial charge in [0.25, 0.3) is 0 Å². The average Bonchev–Trinajstić information content (AvgIpc) is 2.08. The van der Waals surface area contributed by atoms with Crippen molar-refractivity contribution in [2.45, 2.75) is 12.5 Å². The molecule has 0 bridgehead atoms. The fraction of sp³-hybridized carbons (Fsp3) is 0.222. The Morgan fingerprint density at radius 3 is 2.64 bits per heavy atom. The van der Waals surface area contributed by atoms with E-state index in [1.165, 1.54) is 12.1 Å². The maximum absolute atomic E-state index is 10.4. The third kappa shape index (κ3) is 4.11. The van der Waals surface area contributed by atoms with Crippen molar-refractivity contribution in [2.75, 3.05) is 0 Å². The molecule has 4 nitrogen and oxygen atoms in total. The number of carboxylic acids is 1. The van der Waals surface area contributed by atoms with Crippen molar-refractivity contribution < 1.29 is 44.6 Å². The van der Waals surface area contributed by atoms with Gasteiger partial charge in [-0.1, -0.05) is 0 Å². The quantitative estimate of drug-likeness (QED) is 0.365. The summed E-state index contributed by atoms with van der Waals surface area (Å²) in [5.41, 5.74) is 5.98. The summed E-state index contributed by atoms with van der Waals surface area (Å²) in [6, 6.07) is 6.26. The molecule has 0 aliphatic rings. The Morgan fingerprint density at radius 2 is 2.21 bits per heavy atom. The van der Waals surface area contributed by atoms with Crippen LogP contribution in [-0.2, 0) is 11.2 Å². The predicted octanol–water partition coefficient (Wildman–Crippen LogP) is -2.85. The van der Waals surface area contributed by atoms with Gasteiger partial charge in [-0.05, 0) is 6.42 Å². The molecule has 0 saturated carbocycles. The number of carbonyl (C=O) groups is 1. The largest absolute Gasteiger partial charge is 1.00 e. The molecule has 0 spiro atoms. The Morgan fingerprint density at radius 1 is 1.57 bits per heavy atom. The maximum Gasteiger partial charge on any atom is 1.00 e. The molecule has 0 aliphatic carbocycles. The van der Waals surface area contributed by atoms with Gasteiger partial charge in [-0.15, -0.1) is 12.1 Å². The van der Waals surface area contributed by atoms with Gasteiger partial charge < -0.3 is 15.9 Å². The minimum Gasteiger partial charge on any atom is -0.566 e. The smallest absolute Gasteiger partial charge is 0.566 e. The summed E-state index contributed by atoms with van der Waals surface area (Å²) < 4.78 is 0. The second-order valence-electron chi connectivity index (χ2n) is 2.72. The third-order valence-corrected chi connectivity index (χ3v) is 1.62. The molecule has 0 saturated heterocycles. The molecule has 0 fully saturated rings. The molecule has 0 amide bonds. The number of rotatable bonds is 3. The molecule has 70 valence electrons. The molecular weight excluding hydrogens is 193 g/mol. The van der Waals surface area contributed by atoms with E-state index in [9.17, 15) is 4.79 Å². The van der Waals surface area contributed by atoms with Crippen LogP contribution >= 0.6 is 0 Å². The van der Waals surface area contributed by atoms with E-state index in [0.29, 0.717) is 5.56 Å². The fourth-order valence-electron chi connectivity index (χ4n) is 0.900. The summed E-state index contributed by atoms with van der Waals surface area (Å²) in [5.74, 6) is -0.936. The van der Waals surface area contributed by atoms with Crippen LogP contribution in [0.3, 0.4) is 0 Å². The van der Waals surface area contributed by atoms with Crippen LogP contribution in [0, 0.1) is 6.07 Å². The number of hydrogen-bond acceptors (Lipinski definition) is 3. The van der Waals surface area contributed by atoms with Crippen molar-refractivity contribution in [1.29, 1.82) is 0 Å². The van der Waals surface area contributed by atoms with Crippen LogP contribution in [0.1, 0.15) is 5.56 Å². The van der Waals surface area contributed by atoms with E-state index in [1.54, 1.807) is 6.07 Å². The van der Waals surface area contributed by atoms with Crippen LogP contribution in [0.4, 0.5) is 0 Å². The topological polar surface area (TPSA) is 83.5 Å². The first-order valence-corrected chi connectivity index (χ1v) is 3.77. The van der Waals surface area contributed by atoms with Crippen molar-refractivity contribution in [3.63, 3.8) is 0 Å². The molecule has 5 heteroatoms. The summed E-state index contributed by atoms with van der Waals surface area (Å²) >= 11 is 0. The molecular formula is C9H10NNaO3. The van der Waals surface area contributed by atoms with Crippen molar-refractivity contribution in [1.82, 2.24) is 0 Å². The van der Waals surface area contributed by atoms with Crippen LogP contribution in [0.5, 0.6) is 5.75 Å². The molecule has 1 aromatic rings. The third-order valence-electron chi connectivity index (χ3n) is 1.62. The van der Waals surface area contributed by atoms with Crippen LogP contribution in [0.2, 0.25) is 0 Å². The standard InChI is InChI=1S/C9H10NO3.Na/c10-8(9(12)13)5-6-1-3-7(11)4-2-6;/h1,3-4,8,11H,5,10H2,(H,12,13);/q-1;+1/t8-;/m0./s1. The van der Waals surface area contributed by atoms with Gasteiger partial charge in [-0.3, -0.25) is 4.79 Å². The maximum atomic E-state index is 10.4. The summed E-state index contributed by atoms with van der Waals surface area (Å²) in [6.07, 6.45) is 0.218. The normalized spacial score (nSPS) is 11.5. The molecule has 0 heterocycles. The van der Waals surface area contributed by atoms with Crippen LogP contribution < -0.4 is 35.3 Å². The van der Waals surface area contributed by atoms with E-state index in [4.69, 9.17) is 15.9 Å². The molecule has 0 aliphatic heterocycles. The monoisotopic (exact) mass is 203 g/mol. The van der Waals surface area contributed by atoms with E-state index in [1.807, 2.05) is 0 Å². The number of hydrogen-bond donors (Lipinski definition) is 3. The molecule has 14 heavy (non-hydrogen) atoms. The van der Waals surface area contributed by atoms with Crippen molar-refractivity contribution >= 4 is 5.97 Å². The number of phenolic OH excluding ortho intramolecular Hbond substituents is 1. The first-order valence-electron chi connectivity index (χ1n) is 3.77. The molecule has 0 aromatic heterocycles. The van der Waals surface area contributed by atoms with Crippen molar-refractivity contribution in [3.8, 4) is 5.75 Å². The Labute approximate surface area is 104 Å². The number of aliphatic carboxylic acids is 1. The van der Waals surface area contributed by atoms with Gasteiger partial charge in [0.1, 0.15) is 6.04 Å². The van der Waals surface area contributed by atoms with E-state index in [0.717, 1.165) is 0 Å². The zero-order chi connectivity index (χ0) is 9.84. The Balaban J connectivity index is 0.00000169. The van der Waals surface area contributed by atoms with Crippen molar-refractivity contribution in [2.24, 2.45) is 5.73 Å². The minimum absolute atomic E-state index is 0. The van der Waals surface area contributed by atoms with Gasteiger partial charge in [0.15, 0.2) is 0 Å². The Bertz CT molecular complexity index is 299. The minimum atomic E-state index is -1.04. The zero-order valence-electron chi connectivity index (χ0n) is 7.90. The van der Waals surface area contributed by atoms with Gasteiger partial charge in [0.2, 0.25) is 0 Å². The summed E-state index contributed by atoms with van der Waals surface area (Å²) in [7, 11) is 0. The number of nitrogens with two attached hydrogens (primary N) is 1. The molecule has 4 N–H and O–H groups in total. The number of aromatic hydroxyl groups is 1. The van der Waals surface area contributed by atoms with E-state index in [-0.39, 0.29) is 41.7 Å². The van der Waals surface area contributed by atoms with E-state index >= 15 is 0 Å². The summed E-state index contributed by atoms with van der Waals surface area (Å²) in [4.78, 5) is 10.4.